The number of ether oxygens (including phenoxy) is 1. The molecule has 1 heterocycles. The first-order valence-corrected chi connectivity index (χ1v) is 9.15. The molecule has 0 amide bonds. The first-order chi connectivity index (χ1) is 11.6. The van der Waals surface area contributed by atoms with Gasteiger partial charge in [0.1, 0.15) is 6.54 Å². The number of aliphatic imine (C=N–C) groups is 1. The van der Waals surface area contributed by atoms with Crippen molar-refractivity contribution in [1.29, 1.82) is 0 Å². The minimum absolute atomic E-state index is 0.468. The van der Waals surface area contributed by atoms with E-state index in [2.05, 4.69) is 48.5 Å². The Bertz CT molecular complexity index is 467. The summed E-state index contributed by atoms with van der Waals surface area (Å²) in [6.07, 6.45) is 2.15. The zero-order valence-electron chi connectivity index (χ0n) is 15.9. The number of hydrogen-bond acceptors (Lipinski definition) is 4. The van der Waals surface area contributed by atoms with Gasteiger partial charge in [-0.05, 0) is 25.7 Å². The molecule has 0 unspecified atom stereocenters. The van der Waals surface area contributed by atoms with E-state index in [1.54, 1.807) is 0 Å². The van der Waals surface area contributed by atoms with Crippen molar-refractivity contribution in [3.05, 3.63) is 17.5 Å². The third kappa shape index (κ3) is 7.81. The second kappa shape index (κ2) is 11.9. The Labute approximate surface area is 146 Å². The van der Waals surface area contributed by atoms with Crippen molar-refractivity contribution >= 4 is 5.96 Å². The maximum Gasteiger partial charge on any atom is 0.191 e. The molecule has 0 saturated carbocycles. The monoisotopic (exact) mass is 338 g/mol. The van der Waals surface area contributed by atoms with Gasteiger partial charge in [0.2, 0.25) is 0 Å². The lowest BCUT2D eigenvalue weighted by molar-refractivity contribution is 0.114. The first kappa shape index (κ1) is 20.5. The highest BCUT2D eigenvalue weighted by Gasteiger charge is 2.12. The molecule has 0 saturated heterocycles. The van der Waals surface area contributed by atoms with Gasteiger partial charge in [-0.25, -0.2) is 4.99 Å². The van der Waals surface area contributed by atoms with E-state index in [0.717, 1.165) is 50.0 Å². The minimum atomic E-state index is 0.468. The number of rotatable bonds is 11. The van der Waals surface area contributed by atoms with Gasteiger partial charge < -0.3 is 19.9 Å². The Kier molecular flexibility index (Phi) is 10.2. The van der Waals surface area contributed by atoms with E-state index in [9.17, 15) is 0 Å². The SMILES string of the molecule is CCNC(=NCc1cc(C(CC)CC)no1)NCCOCC(C)C. The van der Waals surface area contributed by atoms with Gasteiger partial charge in [-0.1, -0.05) is 32.9 Å². The topological polar surface area (TPSA) is 71.7 Å². The van der Waals surface area contributed by atoms with Crippen LogP contribution in [0.25, 0.3) is 0 Å². The number of guanidine groups is 1. The lowest BCUT2D eigenvalue weighted by atomic mass is 9.99. The molecule has 0 fully saturated rings. The Morgan fingerprint density at radius 3 is 2.62 bits per heavy atom. The van der Waals surface area contributed by atoms with Gasteiger partial charge in [-0.3, -0.25) is 0 Å². The summed E-state index contributed by atoms with van der Waals surface area (Å²) in [6.45, 7) is 14.2. The molecule has 1 rings (SSSR count). The summed E-state index contributed by atoms with van der Waals surface area (Å²) in [6, 6.07) is 2.02. The lowest BCUT2D eigenvalue weighted by Gasteiger charge is -2.11. The van der Waals surface area contributed by atoms with Crippen LogP contribution < -0.4 is 10.6 Å². The fourth-order valence-corrected chi connectivity index (χ4v) is 2.36. The van der Waals surface area contributed by atoms with Crippen LogP contribution in [-0.2, 0) is 11.3 Å². The van der Waals surface area contributed by atoms with Crippen LogP contribution >= 0.6 is 0 Å². The van der Waals surface area contributed by atoms with E-state index < -0.39 is 0 Å². The Balaban J connectivity index is 2.47. The molecule has 6 nitrogen and oxygen atoms in total. The van der Waals surface area contributed by atoms with Crippen LogP contribution in [0.15, 0.2) is 15.6 Å². The molecule has 0 bridgehead atoms. The van der Waals surface area contributed by atoms with Crippen molar-refractivity contribution < 1.29 is 9.26 Å². The first-order valence-electron chi connectivity index (χ1n) is 9.15. The van der Waals surface area contributed by atoms with E-state index in [0.29, 0.717) is 25.0 Å². The lowest BCUT2D eigenvalue weighted by Crippen LogP contribution is -2.39. The third-order valence-corrected chi connectivity index (χ3v) is 3.71. The molecular formula is C18H34N4O2. The predicted molar refractivity (Wildman–Crippen MR) is 98.3 cm³/mol. The quantitative estimate of drug-likeness (QED) is 0.368. The summed E-state index contributed by atoms with van der Waals surface area (Å²) in [4.78, 5) is 4.55. The number of nitrogens with one attached hydrogen (secondary N) is 2. The molecule has 0 spiro atoms. The largest absolute Gasteiger partial charge is 0.379 e. The molecule has 0 radical (unpaired) electrons. The molecule has 1 aromatic rings. The van der Waals surface area contributed by atoms with Crippen LogP contribution in [0.5, 0.6) is 0 Å². The van der Waals surface area contributed by atoms with Crippen LogP contribution in [-0.4, -0.2) is 37.4 Å². The average Bonchev–Trinajstić information content (AvgIpc) is 3.02. The summed E-state index contributed by atoms with van der Waals surface area (Å²) in [7, 11) is 0. The Hall–Kier alpha value is -1.56. The summed E-state index contributed by atoms with van der Waals surface area (Å²) in [5.74, 6) is 2.59. The summed E-state index contributed by atoms with van der Waals surface area (Å²) < 4.78 is 11.0. The predicted octanol–water partition coefficient (Wildman–Crippen LogP) is 3.31. The van der Waals surface area contributed by atoms with Crippen molar-refractivity contribution in [2.45, 2.75) is 59.9 Å². The molecule has 24 heavy (non-hydrogen) atoms. The van der Waals surface area contributed by atoms with E-state index in [1.807, 2.05) is 13.0 Å². The standard InChI is InChI=1S/C18H34N4O2/c1-6-15(7-2)17-11-16(24-22-17)12-21-18(19-8-3)20-9-10-23-13-14(4)5/h11,14-15H,6-10,12-13H2,1-5H3,(H2,19,20,21). The maximum atomic E-state index is 5.57. The maximum absolute atomic E-state index is 5.57. The molecule has 6 heteroatoms. The highest BCUT2D eigenvalue weighted by atomic mass is 16.5. The number of nitrogens with zero attached hydrogens (tertiary/aromatic N) is 2. The Morgan fingerprint density at radius 2 is 2.00 bits per heavy atom. The second-order valence-corrected chi connectivity index (χ2v) is 6.32. The van der Waals surface area contributed by atoms with Crippen LogP contribution in [0, 0.1) is 5.92 Å². The molecule has 2 N–H and O–H groups in total. The van der Waals surface area contributed by atoms with E-state index >= 15 is 0 Å². The zero-order chi connectivity index (χ0) is 17.8. The van der Waals surface area contributed by atoms with Gasteiger partial charge in [-0.2, -0.15) is 0 Å². The molecule has 1 aromatic heterocycles. The average molecular weight is 338 g/mol. The van der Waals surface area contributed by atoms with E-state index in [-0.39, 0.29) is 0 Å². The van der Waals surface area contributed by atoms with Crippen LogP contribution in [0.3, 0.4) is 0 Å². The molecule has 0 aromatic carbocycles. The normalized spacial score (nSPS) is 12.2. The number of aromatic nitrogens is 1. The van der Waals surface area contributed by atoms with Crippen molar-refractivity contribution in [2.75, 3.05) is 26.3 Å². The van der Waals surface area contributed by atoms with Gasteiger partial charge in [-0.15, -0.1) is 0 Å². The van der Waals surface area contributed by atoms with Gasteiger partial charge in [0.15, 0.2) is 11.7 Å². The van der Waals surface area contributed by atoms with Crippen molar-refractivity contribution in [3.8, 4) is 0 Å². The van der Waals surface area contributed by atoms with Crippen molar-refractivity contribution in [3.63, 3.8) is 0 Å². The summed E-state index contributed by atoms with van der Waals surface area (Å²) in [5, 5.41) is 10.7. The third-order valence-electron chi connectivity index (χ3n) is 3.71. The van der Waals surface area contributed by atoms with Crippen molar-refractivity contribution in [2.24, 2.45) is 10.9 Å². The zero-order valence-corrected chi connectivity index (χ0v) is 15.9. The Morgan fingerprint density at radius 1 is 1.25 bits per heavy atom. The summed E-state index contributed by atoms with van der Waals surface area (Å²) in [5.41, 5.74) is 1.03. The summed E-state index contributed by atoms with van der Waals surface area (Å²) >= 11 is 0. The van der Waals surface area contributed by atoms with Gasteiger partial charge in [0, 0.05) is 31.7 Å². The fraction of sp³-hybridized carbons (Fsp3) is 0.778. The van der Waals surface area contributed by atoms with Gasteiger partial charge in [0.05, 0.1) is 12.3 Å². The molecule has 0 aliphatic heterocycles. The van der Waals surface area contributed by atoms with Crippen LogP contribution in [0.2, 0.25) is 0 Å². The molecule has 138 valence electrons. The van der Waals surface area contributed by atoms with Gasteiger partial charge >= 0.3 is 0 Å². The highest BCUT2D eigenvalue weighted by Crippen LogP contribution is 2.22. The molecular weight excluding hydrogens is 304 g/mol. The highest BCUT2D eigenvalue weighted by molar-refractivity contribution is 5.79. The van der Waals surface area contributed by atoms with Crippen molar-refractivity contribution in [1.82, 2.24) is 15.8 Å². The van der Waals surface area contributed by atoms with Crippen LogP contribution in [0.1, 0.15) is 64.8 Å². The molecule has 0 aliphatic carbocycles. The van der Waals surface area contributed by atoms with Crippen LogP contribution in [0.4, 0.5) is 0 Å². The molecule has 0 aliphatic rings. The van der Waals surface area contributed by atoms with E-state index in [1.165, 1.54) is 0 Å². The number of hydrogen-bond donors (Lipinski definition) is 2. The van der Waals surface area contributed by atoms with E-state index in [4.69, 9.17) is 9.26 Å². The smallest absolute Gasteiger partial charge is 0.191 e. The van der Waals surface area contributed by atoms with Gasteiger partial charge in [0.25, 0.3) is 0 Å². The fourth-order valence-electron chi connectivity index (χ4n) is 2.36. The minimum Gasteiger partial charge on any atom is -0.379 e. The molecule has 0 atom stereocenters. The second-order valence-electron chi connectivity index (χ2n) is 6.32.